The third-order valence-electron chi connectivity index (χ3n) is 4.94. The van der Waals surface area contributed by atoms with E-state index in [-0.39, 0.29) is 36.2 Å². The number of likely N-dealkylation sites (tertiary alicyclic amines) is 1. The van der Waals surface area contributed by atoms with E-state index in [1.54, 1.807) is 0 Å². The van der Waals surface area contributed by atoms with E-state index in [2.05, 4.69) is 12.2 Å². The lowest BCUT2D eigenvalue weighted by Crippen LogP contribution is -2.55. The number of nitrogens with one attached hydrogen (secondary N) is 1. The fraction of sp³-hybridized carbons (Fsp3) is 0.556. The van der Waals surface area contributed by atoms with Gasteiger partial charge in [-0.3, -0.25) is 9.59 Å². The molecule has 0 saturated carbocycles. The summed E-state index contributed by atoms with van der Waals surface area (Å²) in [6.45, 7) is 5.98. The summed E-state index contributed by atoms with van der Waals surface area (Å²) in [5.74, 6) is 0.410. The van der Waals surface area contributed by atoms with Crippen LogP contribution in [-0.4, -0.2) is 60.4 Å². The van der Waals surface area contributed by atoms with E-state index < -0.39 is 0 Å². The molecule has 1 N–H and O–H groups in total. The van der Waals surface area contributed by atoms with Crippen LogP contribution in [0.15, 0.2) is 30.3 Å². The highest BCUT2D eigenvalue weighted by Gasteiger charge is 2.32. The van der Waals surface area contributed by atoms with Crippen LogP contribution in [0.3, 0.4) is 0 Å². The molecule has 1 aromatic carbocycles. The number of carbonyl (C=O) groups is 2. The summed E-state index contributed by atoms with van der Waals surface area (Å²) in [7, 11) is 0. The zero-order valence-electron chi connectivity index (χ0n) is 14.1. The topological polar surface area (TPSA) is 52.7 Å². The van der Waals surface area contributed by atoms with Crippen LogP contribution in [0.4, 0.5) is 0 Å². The van der Waals surface area contributed by atoms with Crippen molar-refractivity contribution in [2.45, 2.75) is 25.8 Å². The molecule has 0 unspecified atom stereocenters. The zero-order chi connectivity index (χ0) is 16.2. The van der Waals surface area contributed by atoms with Crippen molar-refractivity contribution in [2.75, 3.05) is 32.7 Å². The maximum absolute atomic E-state index is 12.7. The first kappa shape index (κ1) is 18.7. The lowest BCUT2D eigenvalue weighted by molar-refractivity contribution is -0.139. The van der Waals surface area contributed by atoms with Gasteiger partial charge in [-0.05, 0) is 31.9 Å². The number of nitrogens with zero attached hydrogens (tertiary/aromatic N) is 2. The van der Waals surface area contributed by atoms with E-state index in [9.17, 15) is 9.59 Å². The Hall–Kier alpha value is -1.59. The average molecular weight is 352 g/mol. The minimum Gasteiger partial charge on any atom is -0.339 e. The van der Waals surface area contributed by atoms with Gasteiger partial charge in [0.15, 0.2) is 0 Å². The summed E-state index contributed by atoms with van der Waals surface area (Å²) >= 11 is 0. The second-order valence-corrected chi connectivity index (χ2v) is 6.52. The molecule has 1 atom stereocenters. The average Bonchev–Trinajstić information content (AvgIpc) is 2.62. The molecule has 2 aliphatic rings. The van der Waals surface area contributed by atoms with E-state index in [1.165, 1.54) is 0 Å². The summed E-state index contributed by atoms with van der Waals surface area (Å²) in [6, 6.07) is 9.64. The van der Waals surface area contributed by atoms with E-state index in [4.69, 9.17) is 0 Å². The number of hydrogen-bond donors (Lipinski definition) is 1. The highest BCUT2D eigenvalue weighted by Crippen LogP contribution is 2.22. The molecule has 0 aromatic heterocycles. The molecule has 2 amide bonds. The van der Waals surface area contributed by atoms with Crippen molar-refractivity contribution in [1.82, 2.24) is 15.1 Å². The SMILES string of the molecule is C[C@H]1CNCCN1C(=O)C1CCN(C(=O)c2ccccc2)CC1.Cl. The maximum Gasteiger partial charge on any atom is 0.253 e. The third-order valence-corrected chi connectivity index (χ3v) is 4.94. The molecule has 24 heavy (non-hydrogen) atoms. The quantitative estimate of drug-likeness (QED) is 0.883. The Labute approximate surface area is 149 Å². The van der Waals surface area contributed by atoms with Crippen molar-refractivity contribution in [1.29, 1.82) is 0 Å². The number of carbonyl (C=O) groups excluding carboxylic acids is 2. The molecule has 0 bridgehead atoms. The van der Waals surface area contributed by atoms with E-state index >= 15 is 0 Å². The maximum atomic E-state index is 12.7. The van der Waals surface area contributed by atoms with Crippen LogP contribution in [0, 0.1) is 5.92 Å². The minimum absolute atomic E-state index is 0. The molecular formula is C18H26ClN3O2. The van der Waals surface area contributed by atoms with Gasteiger partial charge in [0.25, 0.3) is 5.91 Å². The fourth-order valence-corrected chi connectivity index (χ4v) is 3.50. The standard InChI is InChI=1S/C18H25N3O2.ClH/c1-14-13-19-9-12-21(14)18(23)16-7-10-20(11-8-16)17(22)15-5-3-2-4-6-15;/h2-6,14,16,19H,7-13H2,1H3;1H/t14-;/m0./s1. The Morgan fingerprint density at radius 3 is 2.38 bits per heavy atom. The summed E-state index contributed by atoms with van der Waals surface area (Å²) in [6.07, 6.45) is 1.54. The highest BCUT2D eigenvalue weighted by molar-refractivity contribution is 5.94. The van der Waals surface area contributed by atoms with Gasteiger partial charge in [0.05, 0.1) is 0 Å². The molecule has 6 heteroatoms. The Bertz CT molecular complexity index is 559. The second-order valence-electron chi connectivity index (χ2n) is 6.52. The van der Waals surface area contributed by atoms with E-state index in [0.717, 1.165) is 38.0 Å². The number of hydrogen-bond acceptors (Lipinski definition) is 3. The van der Waals surface area contributed by atoms with Gasteiger partial charge in [-0.2, -0.15) is 0 Å². The molecule has 132 valence electrons. The summed E-state index contributed by atoms with van der Waals surface area (Å²) in [4.78, 5) is 29.0. The molecule has 3 rings (SSSR count). The van der Waals surface area contributed by atoms with Gasteiger partial charge in [-0.1, -0.05) is 18.2 Å². The normalized spacial score (nSPS) is 22.0. The van der Waals surface area contributed by atoms with Crippen LogP contribution in [0.25, 0.3) is 0 Å². The van der Waals surface area contributed by atoms with Gasteiger partial charge in [-0.25, -0.2) is 0 Å². The van der Waals surface area contributed by atoms with Crippen LogP contribution in [0.5, 0.6) is 0 Å². The van der Waals surface area contributed by atoms with Crippen molar-refractivity contribution in [2.24, 2.45) is 5.92 Å². The Kier molecular flexibility index (Phi) is 6.63. The van der Waals surface area contributed by atoms with Crippen molar-refractivity contribution in [3.63, 3.8) is 0 Å². The van der Waals surface area contributed by atoms with Gasteiger partial charge in [0, 0.05) is 50.2 Å². The largest absolute Gasteiger partial charge is 0.339 e. The van der Waals surface area contributed by atoms with Crippen LogP contribution in [0.1, 0.15) is 30.1 Å². The molecule has 2 heterocycles. The number of rotatable bonds is 2. The van der Waals surface area contributed by atoms with Crippen LogP contribution < -0.4 is 5.32 Å². The van der Waals surface area contributed by atoms with Gasteiger partial charge < -0.3 is 15.1 Å². The Morgan fingerprint density at radius 1 is 1.08 bits per heavy atom. The second kappa shape index (κ2) is 8.49. The number of piperazine rings is 1. The van der Waals surface area contributed by atoms with E-state index in [0.29, 0.717) is 13.1 Å². The predicted molar refractivity (Wildman–Crippen MR) is 96.4 cm³/mol. The summed E-state index contributed by atoms with van der Waals surface area (Å²) in [5, 5.41) is 3.32. The zero-order valence-corrected chi connectivity index (χ0v) is 14.9. The fourth-order valence-electron chi connectivity index (χ4n) is 3.50. The lowest BCUT2D eigenvalue weighted by atomic mass is 9.94. The van der Waals surface area contributed by atoms with Crippen LogP contribution in [-0.2, 0) is 4.79 Å². The van der Waals surface area contributed by atoms with Gasteiger partial charge in [0.2, 0.25) is 5.91 Å². The molecule has 1 aromatic rings. The molecule has 2 fully saturated rings. The van der Waals surface area contributed by atoms with Crippen molar-refractivity contribution < 1.29 is 9.59 Å². The van der Waals surface area contributed by atoms with Crippen molar-refractivity contribution in [3.05, 3.63) is 35.9 Å². The third kappa shape index (κ3) is 4.08. The monoisotopic (exact) mass is 351 g/mol. The number of amides is 2. The van der Waals surface area contributed by atoms with Crippen LogP contribution in [0.2, 0.25) is 0 Å². The van der Waals surface area contributed by atoms with E-state index in [1.807, 2.05) is 40.1 Å². The van der Waals surface area contributed by atoms with Crippen LogP contribution >= 0.6 is 12.4 Å². The number of halogens is 1. The molecular weight excluding hydrogens is 326 g/mol. The minimum atomic E-state index is 0. The molecule has 0 aliphatic carbocycles. The summed E-state index contributed by atoms with van der Waals surface area (Å²) < 4.78 is 0. The number of piperidine rings is 1. The van der Waals surface area contributed by atoms with Gasteiger partial charge in [0.1, 0.15) is 0 Å². The van der Waals surface area contributed by atoms with Crippen molar-refractivity contribution in [3.8, 4) is 0 Å². The first-order valence-electron chi connectivity index (χ1n) is 8.52. The predicted octanol–water partition coefficient (Wildman–Crippen LogP) is 1.78. The molecule has 2 saturated heterocycles. The lowest BCUT2D eigenvalue weighted by Gasteiger charge is -2.39. The first-order chi connectivity index (χ1) is 11.2. The highest BCUT2D eigenvalue weighted by atomic mass is 35.5. The van der Waals surface area contributed by atoms with Gasteiger partial charge in [-0.15, -0.1) is 12.4 Å². The first-order valence-corrected chi connectivity index (χ1v) is 8.52. The number of benzene rings is 1. The molecule has 5 nitrogen and oxygen atoms in total. The Balaban J connectivity index is 0.00000208. The summed E-state index contributed by atoms with van der Waals surface area (Å²) in [5.41, 5.74) is 0.730. The molecule has 2 aliphatic heterocycles. The molecule has 0 radical (unpaired) electrons. The van der Waals surface area contributed by atoms with Gasteiger partial charge >= 0.3 is 0 Å². The smallest absolute Gasteiger partial charge is 0.253 e. The van der Waals surface area contributed by atoms with Crippen molar-refractivity contribution >= 4 is 24.2 Å². The Morgan fingerprint density at radius 2 is 1.75 bits per heavy atom. The molecule has 0 spiro atoms.